The average Bonchev–Trinajstić information content (AvgIpc) is 2.83. The number of carbonyl (C=O) groups excluding carboxylic acids is 3. The van der Waals surface area contributed by atoms with E-state index in [1.54, 1.807) is 13.8 Å². The maximum absolute atomic E-state index is 13.4. The zero-order valence-corrected chi connectivity index (χ0v) is 22.0. The molecule has 1 amide bonds. The van der Waals surface area contributed by atoms with Crippen LogP contribution in [-0.4, -0.2) is 55.0 Å². The first-order valence-corrected chi connectivity index (χ1v) is 11.7. The molecule has 202 valence electrons. The number of nitrogens with zero attached hydrogens (tertiary/aromatic N) is 1. The number of aromatic nitrogens is 1. The fourth-order valence-corrected chi connectivity index (χ4v) is 3.41. The van der Waals surface area contributed by atoms with E-state index in [4.69, 9.17) is 23.7 Å². The maximum Gasteiger partial charge on any atom is 0.328 e. The SMILES string of the molecule is COc1ccnc(C(=O)N[C@@H](C)C(=O)OC(C(C)C)[C@H](C)Oc2ccc(F)cc2C)c1OCOC(C)=O. The van der Waals surface area contributed by atoms with E-state index >= 15 is 0 Å². The standard InChI is InChI=1S/C26H33FN2O8/c1-14(2)23(17(5)36-20-9-8-19(27)12-15(20)3)37-26(32)16(4)29-25(31)22-24(35-13-34-18(6)30)21(33-7)10-11-28-22/h8-12,14,16-17,23H,13H2,1-7H3,(H,29,31)/t16-,17-,23?/m0/s1. The van der Waals surface area contributed by atoms with Crippen molar-refractivity contribution in [2.45, 2.75) is 59.8 Å². The van der Waals surface area contributed by atoms with Gasteiger partial charge in [0.25, 0.3) is 5.91 Å². The molecule has 0 saturated heterocycles. The average molecular weight is 521 g/mol. The second kappa shape index (κ2) is 13.4. The Morgan fingerprint density at radius 1 is 1.08 bits per heavy atom. The normalized spacial score (nSPS) is 13.2. The van der Waals surface area contributed by atoms with Crippen molar-refractivity contribution in [2.24, 2.45) is 5.92 Å². The van der Waals surface area contributed by atoms with Gasteiger partial charge in [0.1, 0.15) is 29.8 Å². The predicted octanol–water partition coefficient (Wildman–Crippen LogP) is 3.59. The molecule has 1 unspecified atom stereocenters. The van der Waals surface area contributed by atoms with Crippen molar-refractivity contribution in [2.75, 3.05) is 13.9 Å². The molecular formula is C26H33FN2O8. The van der Waals surface area contributed by atoms with Crippen LogP contribution in [0.2, 0.25) is 0 Å². The van der Waals surface area contributed by atoms with Crippen LogP contribution in [0.25, 0.3) is 0 Å². The number of halogens is 1. The van der Waals surface area contributed by atoms with Gasteiger partial charge >= 0.3 is 11.9 Å². The summed E-state index contributed by atoms with van der Waals surface area (Å²) in [5, 5.41) is 2.53. The Hall–Kier alpha value is -3.89. The van der Waals surface area contributed by atoms with Gasteiger partial charge in [0.15, 0.2) is 17.2 Å². The Kier molecular flexibility index (Phi) is 10.6. The van der Waals surface area contributed by atoms with Crippen LogP contribution in [0.1, 0.15) is 50.7 Å². The van der Waals surface area contributed by atoms with Crippen molar-refractivity contribution in [3.8, 4) is 17.2 Å². The first-order valence-electron chi connectivity index (χ1n) is 11.7. The fourth-order valence-electron chi connectivity index (χ4n) is 3.41. The van der Waals surface area contributed by atoms with Crippen molar-refractivity contribution in [3.63, 3.8) is 0 Å². The summed E-state index contributed by atoms with van der Waals surface area (Å²) in [5.41, 5.74) is 0.439. The molecule has 3 atom stereocenters. The van der Waals surface area contributed by atoms with E-state index in [9.17, 15) is 18.8 Å². The number of rotatable bonds is 12. The number of ether oxygens (including phenoxy) is 5. The zero-order valence-electron chi connectivity index (χ0n) is 22.0. The van der Waals surface area contributed by atoms with Crippen molar-refractivity contribution in [1.82, 2.24) is 10.3 Å². The largest absolute Gasteiger partial charge is 0.493 e. The lowest BCUT2D eigenvalue weighted by Crippen LogP contribution is -2.45. The molecule has 1 aromatic heterocycles. The van der Waals surface area contributed by atoms with E-state index in [-0.39, 0.29) is 28.9 Å². The molecule has 2 aromatic rings. The Bertz CT molecular complexity index is 1110. The van der Waals surface area contributed by atoms with Crippen molar-refractivity contribution in [3.05, 3.63) is 47.5 Å². The number of pyridine rings is 1. The van der Waals surface area contributed by atoms with Crippen LogP contribution in [0.4, 0.5) is 4.39 Å². The van der Waals surface area contributed by atoms with E-state index in [1.807, 2.05) is 13.8 Å². The van der Waals surface area contributed by atoms with Crippen LogP contribution in [-0.2, 0) is 19.1 Å². The number of hydrogen-bond acceptors (Lipinski definition) is 9. The van der Waals surface area contributed by atoms with Gasteiger partial charge in [-0.1, -0.05) is 13.8 Å². The van der Waals surface area contributed by atoms with E-state index in [0.717, 1.165) is 0 Å². The fraction of sp³-hybridized carbons (Fsp3) is 0.462. The minimum Gasteiger partial charge on any atom is -0.493 e. The second-order valence-electron chi connectivity index (χ2n) is 8.66. The van der Waals surface area contributed by atoms with Gasteiger partial charge in [-0.3, -0.25) is 9.59 Å². The molecule has 0 spiro atoms. The molecule has 10 nitrogen and oxygen atoms in total. The van der Waals surface area contributed by atoms with E-state index < -0.39 is 42.9 Å². The third-order valence-electron chi connectivity index (χ3n) is 5.29. The molecule has 1 heterocycles. The molecule has 11 heteroatoms. The van der Waals surface area contributed by atoms with Crippen LogP contribution in [0.5, 0.6) is 17.2 Å². The first-order chi connectivity index (χ1) is 17.4. The van der Waals surface area contributed by atoms with Gasteiger partial charge in [0.05, 0.1) is 7.11 Å². The molecule has 0 fully saturated rings. The van der Waals surface area contributed by atoms with Gasteiger partial charge in [-0.15, -0.1) is 0 Å². The van der Waals surface area contributed by atoms with Gasteiger partial charge in [0, 0.05) is 19.2 Å². The summed E-state index contributed by atoms with van der Waals surface area (Å²) in [7, 11) is 1.37. The molecule has 0 saturated carbocycles. The molecule has 0 bridgehead atoms. The lowest BCUT2D eigenvalue weighted by Gasteiger charge is -2.29. The molecule has 0 aliphatic heterocycles. The highest BCUT2D eigenvalue weighted by molar-refractivity contribution is 5.98. The number of aryl methyl sites for hydroxylation is 1. The minimum atomic E-state index is -1.05. The number of benzene rings is 1. The Labute approximate surface area is 215 Å². The van der Waals surface area contributed by atoms with Crippen LogP contribution in [0.15, 0.2) is 30.5 Å². The van der Waals surface area contributed by atoms with Gasteiger partial charge in [-0.25, -0.2) is 14.2 Å². The Morgan fingerprint density at radius 3 is 2.38 bits per heavy atom. The Morgan fingerprint density at radius 2 is 1.78 bits per heavy atom. The number of carbonyl (C=O) groups is 3. The van der Waals surface area contributed by atoms with Crippen LogP contribution < -0.4 is 19.5 Å². The predicted molar refractivity (Wildman–Crippen MR) is 131 cm³/mol. The summed E-state index contributed by atoms with van der Waals surface area (Å²) >= 11 is 0. The molecule has 37 heavy (non-hydrogen) atoms. The lowest BCUT2D eigenvalue weighted by molar-refractivity contribution is -0.158. The lowest BCUT2D eigenvalue weighted by atomic mass is 10.0. The third-order valence-corrected chi connectivity index (χ3v) is 5.29. The van der Waals surface area contributed by atoms with Crippen molar-refractivity contribution in [1.29, 1.82) is 0 Å². The first kappa shape index (κ1) is 29.3. The van der Waals surface area contributed by atoms with Crippen LogP contribution in [0.3, 0.4) is 0 Å². The monoisotopic (exact) mass is 520 g/mol. The second-order valence-corrected chi connectivity index (χ2v) is 8.66. The zero-order chi connectivity index (χ0) is 27.7. The Balaban J connectivity index is 2.10. The third kappa shape index (κ3) is 8.33. The minimum absolute atomic E-state index is 0.0546. The number of amides is 1. The van der Waals surface area contributed by atoms with Gasteiger partial charge in [-0.2, -0.15) is 0 Å². The van der Waals surface area contributed by atoms with Gasteiger partial charge < -0.3 is 29.0 Å². The summed E-state index contributed by atoms with van der Waals surface area (Å²) in [6, 6.07) is 4.58. The number of hydrogen-bond donors (Lipinski definition) is 1. The van der Waals surface area contributed by atoms with Crippen molar-refractivity contribution < 1.29 is 42.5 Å². The smallest absolute Gasteiger partial charge is 0.328 e. The topological polar surface area (TPSA) is 122 Å². The number of methoxy groups -OCH3 is 1. The molecular weight excluding hydrogens is 487 g/mol. The molecule has 0 aliphatic rings. The quantitative estimate of drug-likeness (QED) is 0.330. The molecule has 0 aliphatic carbocycles. The van der Waals surface area contributed by atoms with E-state index in [0.29, 0.717) is 11.3 Å². The van der Waals surface area contributed by atoms with Gasteiger partial charge in [0.2, 0.25) is 6.79 Å². The molecule has 0 radical (unpaired) electrons. The summed E-state index contributed by atoms with van der Waals surface area (Å²) in [6.45, 7) is 9.41. The summed E-state index contributed by atoms with van der Waals surface area (Å²) in [6.07, 6.45) is 0.118. The molecule has 1 aromatic carbocycles. The molecule has 2 rings (SSSR count). The summed E-state index contributed by atoms with van der Waals surface area (Å²) in [5.74, 6) is -1.88. The van der Waals surface area contributed by atoms with Crippen molar-refractivity contribution >= 4 is 17.8 Å². The highest BCUT2D eigenvalue weighted by Crippen LogP contribution is 2.29. The highest BCUT2D eigenvalue weighted by atomic mass is 19.1. The number of esters is 2. The molecule has 1 N–H and O–H groups in total. The summed E-state index contributed by atoms with van der Waals surface area (Å²) in [4.78, 5) is 40.9. The van der Waals surface area contributed by atoms with Crippen LogP contribution >= 0.6 is 0 Å². The number of nitrogens with one attached hydrogen (secondary N) is 1. The summed E-state index contributed by atoms with van der Waals surface area (Å²) < 4.78 is 40.4. The van der Waals surface area contributed by atoms with E-state index in [2.05, 4.69) is 10.3 Å². The van der Waals surface area contributed by atoms with Gasteiger partial charge in [-0.05, 0) is 50.5 Å². The maximum atomic E-state index is 13.4. The highest BCUT2D eigenvalue weighted by Gasteiger charge is 2.30. The van der Waals surface area contributed by atoms with E-state index in [1.165, 1.54) is 51.4 Å². The van der Waals surface area contributed by atoms with Crippen LogP contribution in [0, 0.1) is 18.7 Å².